The highest BCUT2D eigenvalue weighted by atomic mass is 19.1. The first-order chi connectivity index (χ1) is 11.5. The average Bonchev–Trinajstić information content (AvgIpc) is 2.58. The van der Waals surface area contributed by atoms with Crippen LogP contribution in [0.4, 0.5) is 4.39 Å². The summed E-state index contributed by atoms with van der Waals surface area (Å²) >= 11 is 0. The van der Waals surface area contributed by atoms with Crippen LogP contribution in [0.2, 0.25) is 0 Å². The van der Waals surface area contributed by atoms with Crippen LogP contribution >= 0.6 is 0 Å². The molecule has 0 amide bonds. The van der Waals surface area contributed by atoms with Gasteiger partial charge in [0.2, 0.25) is 0 Å². The summed E-state index contributed by atoms with van der Waals surface area (Å²) in [6.07, 6.45) is 0. The summed E-state index contributed by atoms with van der Waals surface area (Å²) in [7, 11) is 1.47. The molecule has 24 heavy (non-hydrogen) atoms. The molecule has 120 valence electrons. The van der Waals surface area contributed by atoms with E-state index in [2.05, 4.69) is 4.98 Å². The summed E-state index contributed by atoms with van der Waals surface area (Å²) < 4.78 is 14.3. The number of rotatable bonds is 3. The van der Waals surface area contributed by atoms with Gasteiger partial charge in [0.05, 0.1) is 5.69 Å². The van der Waals surface area contributed by atoms with Crippen molar-refractivity contribution >= 4 is 5.97 Å². The number of hydrogen-bond acceptors (Lipinski definition) is 3. The molecule has 0 fully saturated rings. The van der Waals surface area contributed by atoms with Crippen molar-refractivity contribution in [2.45, 2.75) is 0 Å². The first kappa shape index (κ1) is 15.6. The summed E-state index contributed by atoms with van der Waals surface area (Å²) in [6.45, 7) is 0. The number of nitrogens with zero attached hydrogens (tertiary/aromatic N) is 2. The quantitative estimate of drug-likeness (QED) is 0.804. The van der Waals surface area contributed by atoms with Crippen molar-refractivity contribution in [3.63, 3.8) is 0 Å². The molecule has 0 radical (unpaired) electrons. The second kappa shape index (κ2) is 6.08. The third-order valence-corrected chi connectivity index (χ3v) is 3.65. The fourth-order valence-corrected chi connectivity index (χ4v) is 2.46. The fourth-order valence-electron chi connectivity index (χ4n) is 2.46. The van der Waals surface area contributed by atoms with Crippen LogP contribution in [-0.4, -0.2) is 20.6 Å². The summed E-state index contributed by atoms with van der Waals surface area (Å²) in [5.41, 5.74) is -0.0509. The van der Waals surface area contributed by atoms with Crippen molar-refractivity contribution < 1.29 is 14.3 Å². The second-order valence-corrected chi connectivity index (χ2v) is 5.20. The normalized spacial score (nSPS) is 10.6. The van der Waals surface area contributed by atoms with Crippen LogP contribution < -0.4 is 5.56 Å². The minimum Gasteiger partial charge on any atom is -0.477 e. The maximum Gasteiger partial charge on any atom is 0.343 e. The van der Waals surface area contributed by atoms with Crippen LogP contribution in [-0.2, 0) is 7.05 Å². The second-order valence-electron chi connectivity index (χ2n) is 5.20. The van der Waals surface area contributed by atoms with Crippen molar-refractivity contribution in [3.8, 4) is 22.6 Å². The van der Waals surface area contributed by atoms with E-state index in [1.54, 1.807) is 24.3 Å². The Morgan fingerprint density at radius 3 is 2.25 bits per heavy atom. The Hall–Kier alpha value is -3.28. The van der Waals surface area contributed by atoms with Crippen LogP contribution in [0.1, 0.15) is 10.4 Å². The topological polar surface area (TPSA) is 72.2 Å². The van der Waals surface area contributed by atoms with Gasteiger partial charge in [-0.1, -0.05) is 30.3 Å². The van der Waals surface area contributed by atoms with E-state index in [4.69, 9.17) is 0 Å². The van der Waals surface area contributed by atoms with Gasteiger partial charge in [-0.25, -0.2) is 14.2 Å². The molecule has 0 aliphatic rings. The van der Waals surface area contributed by atoms with E-state index < -0.39 is 22.9 Å². The van der Waals surface area contributed by atoms with E-state index in [1.807, 2.05) is 6.07 Å². The van der Waals surface area contributed by atoms with Crippen LogP contribution in [0.3, 0.4) is 0 Å². The number of halogens is 1. The molecular formula is C18H13FN2O3. The van der Waals surface area contributed by atoms with Gasteiger partial charge in [0.25, 0.3) is 5.56 Å². The van der Waals surface area contributed by atoms with Gasteiger partial charge in [-0.05, 0) is 24.3 Å². The van der Waals surface area contributed by atoms with E-state index in [9.17, 15) is 19.1 Å². The highest BCUT2D eigenvalue weighted by Crippen LogP contribution is 2.24. The standard InChI is InChI=1S/C18H13FN2O3/c1-21-16(12-5-3-2-4-6-12)20-15(14(17(21)22)18(23)24)11-7-9-13(19)10-8-11/h2-10H,1H3,(H,23,24). The van der Waals surface area contributed by atoms with Crippen LogP contribution in [0.5, 0.6) is 0 Å². The van der Waals surface area contributed by atoms with Crippen LogP contribution in [0.15, 0.2) is 59.4 Å². The fraction of sp³-hybridized carbons (Fsp3) is 0.0556. The molecule has 2 aromatic carbocycles. The Kier molecular flexibility index (Phi) is 3.95. The number of benzene rings is 2. The van der Waals surface area contributed by atoms with Crippen molar-refractivity contribution in [3.05, 3.63) is 76.3 Å². The minimum absolute atomic E-state index is 0.0180. The van der Waals surface area contributed by atoms with E-state index in [0.29, 0.717) is 17.0 Å². The molecule has 0 bridgehead atoms. The summed E-state index contributed by atoms with van der Waals surface area (Å²) in [4.78, 5) is 28.5. The van der Waals surface area contributed by atoms with Crippen LogP contribution in [0, 0.1) is 5.82 Å². The van der Waals surface area contributed by atoms with Crippen molar-refractivity contribution in [2.75, 3.05) is 0 Å². The number of aromatic nitrogens is 2. The lowest BCUT2D eigenvalue weighted by molar-refractivity contribution is 0.0695. The summed E-state index contributed by atoms with van der Waals surface area (Å²) in [5, 5.41) is 9.42. The van der Waals surface area contributed by atoms with Crippen molar-refractivity contribution in [1.29, 1.82) is 0 Å². The molecule has 1 heterocycles. The monoisotopic (exact) mass is 324 g/mol. The summed E-state index contributed by atoms with van der Waals surface area (Å²) in [6, 6.07) is 14.2. The molecule has 3 aromatic rings. The molecule has 0 saturated heterocycles. The average molecular weight is 324 g/mol. The molecular weight excluding hydrogens is 311 g/mol. The SMILES string of the molecule is Cn1c(-c2ccccc2)nc(-c2ccc(F)cc2)c(C(=O)O)c1=O. The van der Waals surface area contributed by atoms with Gasteiger partial charge in [0.1, 0.15) is 11.6 Å². The molecule has 1 N–H and O–H groups in total. The molecule has 0 aliphatic carbocycles. The third-order valence-electron chi connectivity index (χ3n) is 3.65. The molecule has 0 saturated carbocycles. The van der Waals surface area contributed by atoms with Crippen molar-refractivity contribution in [1.82, 2.24) is 9.55 Å². The highest BCUT2D eigenvalue weighted by molar-refractivity contribution is 5.94. The maximum absolute atomic E-state index is 13.1. The lowest BCUT2D eigenvalue weighted by Gasteiger charge is -2.12. The number of carboxylic acid groups (broad SMARTS) is 1. The Balaban J connectivity index is 2.34. The zero-order chi connectivity index (χ0) is 17.3. The van der Waals surface area contributed by atoms with Gasteiger partial charge in [0, 0.05) is 18.2 Å². The van der Waals surface area contributed by atoms with Gasteiger partial charge < -0.3 is 5.11 Å². The van der Waals surface area contributed by atoms with Gasteiger partial charge in [0.15, 0.2) is 5.56 Å². The molecule has 0 spiro atoms. The maximum atomic E-state index is 13.1. The Morgan fingerprint density at radius 2 is 1.67 bits per heavy atom. The largest absolute Gasteiger partial charge is 0.477 e. The van der Waals surface area contributed by atoms with Gasteiger partial charge in [-0.3, -0.25) is 9.36 Å². The number of hydrogen-bond donors (Lipinski definition) is 1. The lowest BCUT2D eigenvalue weighted by Crippen LogP contribution is -2.28. The Bertz CT molecular complexity index is 964. The molecule has 0 unspecified atom stereocenters. The molecule has 0 atom stereocenters. The molecule has 0 aliphatic heterocycles. The molecule has 1 aromatic heterocycles. The van der Waals surface area contributed by atoms with Gasteiger partial charge in [-0.2, -0.15) is 0 Å². The van der Waals surface area contributed by atoms with E-state index >= 15 is 0 Å². The minimum atomic E-state index is -1.37. The molecule has 5 nitrogen and oxygen atoms in total. The summed E-state index contributed by atoms with van der Waals surface area (Å²) in [5.74, 6) is -1.49. The smallest absolute Gasteiger partial charge is 0.343 e. The van der Waals surface area contributed by atoms with E-state index in [-0.39, 0.29) is 5.69 Å². The van der Waals surface area contributed by atoms with E-state index in [1.165, 1.54) is 35.9 Å². The number of aromatic carboxylic acids is 1. The first-order valence-electron chi connectivity index (χ1n) is 7.14. The Labute approximate surface area is 136 Å². The Morgan fingerprint density at radius 1 is 1.04 bits per heavy atom. The third kappa shape index (κ3) is 2.69. The predicted octanol–water partition coefficient (Wildman–Crippen LogP) is 2.95. The molecule has 6 heteroatoms. The zero-order valence-electron chi connectivity index (χ0n) is 12.7. The van der Waals surface area contributed by atoms with Gasteiger partial charge >= 0.3 is 5.97 Å². The van der Waals surface area contributed by atoms with Gasteiger partial charge in [-0.15, -0.1) is 0 Å². The van der Waals surface area contributed by atoms with E-state index in [0.717, 1.165) is 0 Å². The first-order valence-corrected chi connectivity index (χ1v) is 7.14. The zero-order valence-corrected chi connectivity index (χ0v) is 12.7. The van der Waals surface area contributed by atoms with Crippen molar-refractivity contribution in [2.24, 2.45) is 7.05 Å². The lowest BCUT2D eigenvalue weighted by atomic mass is 10.1. The number of carbonyl (C=O) groups is 1. The molecule has 3 rings (SSSR count). The predicted molar refractivity (Wildman–Crippen MR) is 87.3 cm³/mol. The number of carboxylic acids is 1. The highest BCUT2D eigenvalue weighted by Gasteiger charge is 2.22. The van der Waals surface area contributed by atoms with Crippen LogP contribution in [0.25, 0.3) is 22.6 Å².